The van der Waals surface area contributed by atoms with E-state index < -0.39 is 42.3 Å². The van der Waals surface area contributed by atoms with Crippen LogP contribution in [0, 0.1) is 5.82 Å². The molecule has 34 heavy (non-hydrogen) atoms. The molecule has 9 heteroatoms. The fraction of sp³-hybridized carbons (Fsp3) is 0.400. The number of hydrogen-bond donors (Lipinski definition) is 2. The highest BCUT2D eigenvalue weighted by Gasteiger charge is 2.44. The van der Waals surface area contributed by atoms with Gasteiger partial charge in [0.1, 0.15) is 18.0 Å². The van der Waals surface area contributed by atoms with Crippen molar-refractivity contribution in [3.63, 3.8) is 0 Å². The molecule has 0 spiro atoms. The van der Waals surface area contributed by atoms with E-state index in [-0.39, 0.29) is 31.2 Å². The van der Waals surface area contributed by atoms with Crippen LogP contribution in [0.3, 0.4) is 0 Å². The van der Waals surface area contributed by atoms with E-state index in [4.69, 9.17) is 4.74 Å². The van der Waals surface area contributed by atoms with Gasteiger partial charge in [0.25, 0.3) is 5.91 Å². The van der Waals surface area contributed by atoms with Gasteiger partial charge in [-0.05, 0) is 28.7 Å². The van der Waals surface area contributed by atoms with Crippen molar-refractivity contribution < 1.29 is 27.9 Å². The summed E-state index contributed by atoms with van der Waals surface area (Å²) < 4.78 is 34.0. The molecule has 2 fully saturated rings. The van der Waals surface area contributed by atoms with Gasteiger partial charge in [-0.25, -0.2) is 13.6 Å². The smallest absolute Gasteiger partial charge is 0.408 e. The molecule has 180 valence electrons. The minimum Gasteiger partial charge on any atom is -0.434 e. The lowest BCUT2D eigenvalue weighted by atomic mass is 9.94. The molecule has 7 nitrogen and oxygen atoms in total. The maximum Gasteiger partial charge on any atom is 0.408 e. The molecule has 2 aliphatic rings. The molecule has 2 saturated heterocycles. The SMILES string of the molecule is CC(C)c1ccc(C(NC(=O)C2CC(F)CN2C(=O)C2CNC(=O)O2)c2ccccc2)cc1F. The first-order valence-corrected chi connectivity index (χ1v) is 11.3. The van der Waals surface area contributed by atoms with Crippen LogP contribution in [-0.2, 0) is 14.3 Å². The maximum absolute atomic E-state index is 14.8. The van der Waals surface area contributed by atoms with Crippen LogP contribution in [0.25, 0.3) is 0 Å². The van der Waals surface area contributed by atoms with Crippen LogP contribution in [0.2, 0.25) is 0 Å². The average Bonchev–Trinajstić information content (AvgIpc) is 3.42. The number of carbonyl (C=O) groups is 3. The van der Waals surface area contributed by atoms with Gasteiger partial charge in [-0.1, -0.05) is 56.3 Å². The van der Waals surface area contributed by atoms with Crippen LogP contribution in [0.1, 0.15) is 48.9 Å². The fourth-order valence-electron chi connectivity index (χ4n) is 4.42. The predicted molar refractivity (Wildman–Crippen MR) is 120 cm³/mol. The Morgan fingerprint density at radius 3 is 2.50 bits per heavy atom. The zero-order valence-electron chi connectivity index (χ0n) is 19.0. The van der Waals surface area contributed by atoms with Crippen molar-refractivity contribution in [3.05, 3.63) is 71.0 Å². The Bertz CT molecular complexity index is 1080. The Labute approximate surface area is 196 Å². The van der Waals surface area contributed by atoms with Gasteiger partial charge >= 0.3 is 6.09 Å². The number of ether oxygens (including phenoxy) is 1. The molecular formula is C25H27F2N3O4. The number of amides is 3. The van der Waals surface area contributed by atoms with Crippen molar-refractivity contribution in [2.75, 3.05) is 13.1 Å². The minimum atomic E-state index is -1.39. The molecule has 0 aromatic heterocycles. The van der Waals surface area contributed by atoms with E-state index in [2.05, 4.69) is 10.6 Å². The molecular weight excluding hydrogens is 444 g/mol. The second kappa shape index (κ2) is 9.79. The fourth-order valence-corrected chi connectivity index (χ4v) is 4.42. The summed E-state index contributed by atoms with van der Waals surface area (Å²) in [7, 11) is 0. The number of nitrogens with one attached hydrogen (secondary N) is 2. The summed E-state index contributed by atoms with van der Waals surface area (Å²) >= 11 is 0. The molecule has 4 atom stereocenters. The molecule has 2 aromatic rings. The lowest BCUT2D eigenvalue weighted by Gasteiger charge is -2.28. The Morgan fingerprint density at radius 1 is 1.15 bits per heavy atom. The van der Waals surface area contributed by atoms with Gasteiger partial charge in [-0.15, -0.1) is 0 Å². The minimum absolute atomic E-state index is 0.00228. The van der Waals surface area contributed by atoms with Crippen LogP contribution in [0.15, 0.2) is 48.5 Å². The quantitative estimate of drug-likeness (QED) is 0.678. The van der Waals surface area contributed by atoms with E-state index in [1.54, 1.807) is 36.4 Å². The first kappa shape index (κ1) is 23.7. The second-order valence-electron chi connectivity index (χ2n) is 8.90. The highest BCUT2D eigenvalue weighted by atomic mass is 19.1. The molecule has 0 radical (unpaired) electrons. The summed E-state index contributed by atoms with van der Waals surface area (Å²) in [6.07, 6.45) is -3.39. The van der Waals surface area contributed by atoms with Crippen LogP contribution >= 0.6 is 0 Å². The summed E-state index contributed by atoms with van der Waals surface area (Å²) in [5.74, 6) is -1.56. The number of hydrogen-bond acceptors (Lipinski definition) is 4. The average molecular weight is 472 g/mol. The Morgan fingerprint density at radius 2 is 1.88 bits per heavy atom. The summed E-state index contributed by atoms with van der Waals surface area (Å²) in [5.41, 5.74) is 1.81. The summed E-state index contributed by atoms with van der Waals surface area (Å²) in [6.45, 7) is 3.49. The molecule has 2 heterocycles. The number of benzene rings is 2. The van der Waals surface area contributed by atoms with Crippen LogP contribution in [0.4, 0.5) is 13.6 Å². The third kappa shape index (κ3) is 4.88. The molecule has 0 bridgehead atoms. The van der Waals surface area contributed by atoms with E-state index in [0.717, 1.165) is 4.90 Å². The van der Waals surface area contributed by atoms with Gasteiger partial charge < -0.3 is 20.3 Å². The second-order valence-corrected chi connectivity index (χ2v) is 8.90. The summed E-state index contributed by atoms with van der Waals surface area (Å²) in [4.78, 5) is 38.6. The number of alkyl carbamates (subject to hydrolysis) is 1. The first-order valence-electron chi connectivity index (χ1n) is 11.3. The van der Waals surface area contributed by atoms with Gasteiger partial charge in [0.05, 0.1) is 19.1 Å². The van der Waals surface area contributed by atoms with Gasteiger partial charge in [0, 0.05) is 6.42 Å². The van der Waals surface area contributed by atoms with Crippen molar-refractivity contribution in [1.29, 1.82) is 0 Å². The van der Waals surface area contributed by atoms with Crippen molar-refractivity contribution in [1.82, 2.24) is 15.5 Å². The monoisotopic (exact) mass is 471 g/mol. The third-order valence-electron chi connectivity index (χ3n) is 6.19. The lowest BCUT2D eigenvalue weighted by molar-refractivity contribution is -0.144. The van der Waals surface area contributed by atoms with E-state index in [1.807, 2.05) is 19.9 Å². The number of halogens is 2. The van der Waals surface area contributed by atoms with Gasteiger partial charge in [0.15, 0.2) is 6.10 Å². The summed E-state index contributed by atoms with van der Waals surface area (Å²) in [6, 6.07) is 12.1. The predicted octanol–water partition coefficient (Wildman–Crippen LogP) is 3.20. The van der Waals surface area contributed by atoms with Gasteiger partial charge in [-0.3, -0.25) is 9.59 Å². The lowest BCUT2D eigenvalue weighted by Crippen LogP contribution is -2.50. The van der Waals surface area contributed by atoms with Crippen molar-refractivity contribution in [2.45, 2.75) is 50.5 Å². The van der Waals surface area contributed by atoms with E-state index in [9.17, 15) is 23.2 Å². The van der Waals surface area contributed by atoms with Crippen LogP contribution in [-0.4, -0.2) is 54.2 Å². The van der Waals surface area contributed by atoms with Gasteiger partial charge in [-0.2, -0.15) is 0 Å². The van der Waals surface area contributed by atoms with Crippen molar-refractivity contribution >= 4 is 17.9 Å². The Balaban J connectivity index is 1.59. The molecule has 3 amide bonds. The maximum atomic E-state index is 14.8. The zero-order chi connectivity index (χ0) is 24.4. The van der Waals surface area contributed by atoms with Crippen LogP contribution < -0.4 is 10.6 Å². The zero-order valence-corrected chi connectivity index (χ0v) is 19.0. The normalized spacial score (nSPS) is 22.9. The third-order valence-corrected chi connectivity index (χ3v) is 6.19. The Kier molecular flexibility index (Phi) is 6.81. The summed E-state index contributed by atoms with van der Waals surface area (Å²) in [5, 5.41) is 5.27. The Hall–Kier alpha value is -3.49. The van der Waals surface area contributed by atoms with E-state index >= 15 is 0 Å². The van der Waals surface area contributed by atoms with E-state index in [1.165, 1.54) is 6.07 Å². The number of rotatable bonds is 6. The molecule has 4 unspecified atom stereocenters. The molecule has 2 N–H and O–H groups in total. The topological polar surface area (TPSA) is 87.7 Å². The van der Waals surface area contributed by atoms with Crippen molar-refractivity contribution in [3.8, 4) is 0 Å². The molecule has 0 saturated carbocycles. The number of cyclic esters (lactones) is 1. The van der Waals surface area contributed by atoms with Gasteiger partial charge in [0.2, 0.25) is 5.91 Å². The van der Waals surface area contributed by atoms with Crippen molar-refractivity contribution in [2.24, 2.45) is 0 Å². The number of nitrogens with zero attached hydrogens (tertiary/aromatic N) is 1. The first-order chi connectivity index (χ1) is 16.2. The molecule has 2 aliphatic heterocycles. The molecule has 4 rings (SSSR count). The highest BCUT2D eigenvalue weighted by Crippen LogP contribution is 2.29. The molecule has 2 aromatic carbocycles. The van der Waals surface area contributed by atoms with E-state index in [0.29, 0.717) is 16.7 Å². The highest BCUT2D eigenvalue weighted by molar-refractivity contribution is 5.92. The van der Waals surface area contributed by atoms with Crippen LogP contribution in [0.5, 0.6) is 0 Å². The molecule has 0 aliphatic carbocycles. The largest absolute Gasteiger partial charge is 0.434 e. The number of alkyl halides is 1. The standard InChI is InChI=1S/C25H27F2N3O4/c1-14(2)18-9-8-16(10-19(18)27)22(15-6-4-3-5-7-15)29-23(31)20-11-17(26)13-30(20)24(32)21-12-28-25(33)34-21/h3-10,14,17,20-22H,11-13H2,1-2H3,(H,28,33)(H,29,31). The number of carbonyl (C=O) groups excluding carboxylic acids is 3. The number of likely N-dealkylation sites (tertiary alicyclic amines) is 1.